The van der Waals surface area contributed by atoms with Gasteiger partial charge in [0.15, 0.2) is 0 Å². The van der Waals surface area contributed by atoms with Gasteiger partial charge < -0.3 is 14.6 Å². The van der Waals surface area contributed by atoms with Gasteiger partial charge in [0.05, 0.1) is 19.0 Å². The Morgan fingerprint density at radius 3 is 2.76 bits per heavy atom. The number of carbonyl (C=O) groups is 1. The van der Waals surface area contributed by atoms with Gasteiger partial charge in [-0.3, -0.25) is 4.79 Å². The number of hydrogen-bond donors (Lipinski definition) is 1. The van der Waals surface area contributed by atoms with E-state index in [1.165, 1.54) is 0 Å². The number of rotatable bonds is 6. The quantitative estimate of drug-likeness (QED) is 0.688. The lowest BCUT2D eigenvalue weighted by molar-refractivity contribution is 0.0949. The van der Waals surface area contributed by atoms with Crippen LogP contribution < -0.4 is 10.1 Å². The van der Waals surface area contributed by atoms with E-state index in [-0.39, 0.29) is 5.91 Å². The summed E-state index contributed by atoms with van der Waals surface area (Å²) in [4.78, 5) is 16.6. The Hall–Kier alpha value is -2.60. The standard InChI is InChI=1S/C19H18BrN3O2/c1-25-16-6-7-18(20)17(10-16)19(24)22-11-14-4-2-3-5-15(14)12-23-9-8-21-13-23/h2-10,13H,11-12H2,1H3,(H,22,24). The van der Waals surface area contributed by atoms with Gasteiger partial charge in [-0.05, 0) is 45.3 Å². The molecule has 0 radical (unpaired) electrons. The van der Waals surface area contributed by atoms with Crippen LogP contribution in [0.1, 0.15) is 21.5 Å². The molecule has 0 fully saturated rings. The summed E-state index contributed by atoms with van der Waals surface area (Å²) < 4.78 is 7.92. The first-order valence-electron chi connectivity index (χ1n) is 7.81. The molecule has 3 aromatic rings. The minimum Gasteiger partial charge on any atom is -0.497 e. The largest absolute Gasteiger partial charge is 0.497 e. The van der Waals surface area contributed by atoms with Crippen molar-refractivity contribution in [3.63, 3.8) is 0 Å². The highest BCUT2D eigenvalue weighted by Crippen LogP contribution is 2.22. The molecule has 1 amide bonds. The molecule has 0 aliphatic heterocycles. The molecule has 1 N–H and O–H groups in total. The van der Waals surface area contributed by atoms with Crippen molar-refractivity contribution in [1.82, 2.24) is 14.9 Å². The lowest BCUT2D eigenvalue weighted by atomic mass is 10.1. The smallest absolute Gasteiger partial charge is 0.252 e. The Labute approximate surface area is 154 Å². The van der Waals surface area contributed by atoms with Crippen molar-refractivity contribution >= 4 is 21.8 Å². The highest BCUT2D eigenvalue weighted by atomic mass is 79.9. The molecule has 128 valence electrons. The molecule has 0 aliphatic carbocycles. The van der Waals surface area contributed by atoms with Gasteiger partial charge in [-0.15, -0.1) is 0 Å². The van der Waals surface area contributed by atoms with E-state index >= 15 is 0 Å². The number of nitrogens with zero attached hydrogens (tertiary/aromatic N) is 2. The predicted molar refractivity (Wildman–Crippen MR) is 99.6 cm³/mol. The second-order valence-electron chi connectivity index (χ2n) is 5.53. The monoisotopic (exact) mass is 399 g/mol. The molecule has 0 unspecified atom stereocenters. The topological polar surface area (TPSA) is 56.1 Å². The molecule has 0 saturated carbocycles. The van der Waals surface area contributed by atoms with Gasteiger partial charge in [-0.25, -0.2) is 4.98 Å². The second-order valence-corrected chi connectivity index (χ2v) is 6.39. The molecule has 0 aliphatic rings. The second kappa shape index (κ2) is 7.98. The first kappa shape index (κ1) is 17.2. The van der Waals surface area contributed by atoms with Crippen LogP contribution in [0.25, 0.3) is 0 Å². The summed E-state index contributed by atoms with van der Waals surface area (Å²) in [7, 11) is 1.58. The molecule has 0 atom stereocenters. The van der Waals surface area contributed by atoms with Gasteiger partial charge in [0.2, 0.25) is 0 Å². The maximum absolute atomic E-state index is 12.5. The van der Waals surface area contributed by atoms with Gasteiger partial charge in [-0.1, -0.05) is 24.3 Å². The van der Waals surface area contributed by atoms with Gasteiger partial charge in [-0.2, -0.15) is 0 Å². The van der Waals surface area contributed by atoms with Crippen molar-refractivity contribution in [1.29, 1.82) is 0 Å². The number of benzene rings is 2. The van der Waals surface area contributed by atoms with Crippen molar-refractivity contribution in [2.24, 2.45) is 0 Å². The van der Waals surface area contributed by atoms with Crippen molar-refractivity contribution in [2.45, 2.75) is 13.1 Å². The number of amides is 1. The molecule has 6 heteroatoms. The number of imidazole rings is 1. The van der Waals surface area contributed by atoms with E-state index in [0.717, 1.165) is 22.1 Å². The molecule has 1 aromatic heterocycles. The first-order valence-corrected chi connectivity index (χ1v) is 8.61. The van der Waals surface area contributed by atoms with Gasteiger partial charge in [0, 0.05) is 30.0 Å². The van der Waals surface area contributed by atoms with Crippen LogP contribution in [-0.2, 0) is 13.1 Å². The van der Waals surface area contributed by atoms with E-state index in [1.807, 2.05) is 29.0 Å². The molecule has 3 rings (SSSR count). The Morgan fingerprint density at radius 1 is 1.24 bits per heavy atom. The van der Waals surface area contributed by atoms with Crippen molar-refractivity contribution in [3.05, 3.63) is 82.3 Å². The summed E-state index contributed by atoms with van der Waals surface area (Å²) in [6.45, 7) is 1.17. The molecule has 0 saturated heterocycles. The maximum Gasteiger partial charge on any atom is 0.252 e. The van der Waals surface area contributed by atoms with E-state index in [1.54, 1.807) is 37.8 Å². The van der Waals surface area contributed by atoms with Crippen LogP contribution in [0.15, 0.2) is 65.7 Å². The first-order chi connectivity index (χ1) is 12.2. The molecule has 1 heterocycles. The minimum absolute atomic E-state index is 0.150. The number of methoxy groups -OCH3 is 1. The molecule has 0 spiro atoms. The number of halogens is 1. The normalized spacial score (nSPS) is 10.5. The zero-order valence-electron chi connectivity index (χ0n) is 13.8. The summed E-state index contributed by atoms with van der Waals surface area (Å²) in [5, 5.41) is 2.98. The number of aromatic nitrogens is 2. The van der Waals surface area contributed by atoms with Gasteiger partial charge in [0.25, 0.3) is 5.91 Å². The molecule has 0 bridgehead atoms. The zero-order chi connectivity index (χ0) is 17.6. The van der Waals surface area contributed by atoms with Crippen molar-refractivity contribution < 1.29 is 9.53 Å². The molecule has 5 nitrogen and oxygen atoms in total. The third-order valence-corrected chi connectivity index (χ3v) is 4.58. The van der Waals surface area contributed by atoms with Gasteiger partial charge in [0.1, 0.15) is 5.75 Å². The summed E-state index contributed by atoms with van der Waals surface area (Å²) in [5.74, 6) is 0.497. The van der Waals surface area contributed by atoms with E-state index in [9.17, 15) is 4.79 Å². The fourth-order valence-electron chi connectivity index (χ4n) is 2.54. The summed E-state index contributed by atoms with van der Waals surface area (Å²) in [6.07, 6.45) is 5.45. The van der Waals surface area contributed by atoms with Crippen LogP contribution in [0.5, 0.6) is 5.75 Å². The molecular formula is C19H18BrN3O2. The summed E-state index contributed by atoms with van der Waals surface area (Å²) in [5.41, 5.74) is 2.76. The lowest BCUT2D eigenvalue weighted by Crippen LogP contribution is -2.24. The number of carbonyl (C=O) groups excluding carboxylic acids is 1. The van der Waals surface area contributed by atoms with Crippen LogP contribution in [0.3, 0.4) is 0 Å². The summed E-state index contributed by atoms with van der Waals surface area (Å²) in [6, 6.07) is 13.4. The fraction of sp³-hybridized carbons (Fsp3) is 0.158. The number of nitrogens with one attached hydrogen (secondary N) is 1. The Bertz CT molecular complexity index is 863. The average Bonchev–Trinajstić information content (AvgIpc) is 3.14. The Balaban J connectivity index is 1.72. The SMILES string of the molecule is COc1ccc(Br)c(C(=O)NCc2ccccc2Cn2ccnc2)c1. The van der Waals surface area contributed by atoms with Crippen molar-refractivity contribution in [2.75, 3.05) is 7.11 Å². The van der Waals surface area contributed by atoms with Crippen LogP contribution in [-0.4, -0.2) is 22.6 Å². The maximum atomic E-state index is 12.5. The van der Waals surface area contributed by atoms with E-state index in [4.69, 9.17) is 4.74 Å². The number of ether oxygens (including phenoxy) is 1. The van der Waals surface area contributed by atoms with E-state index in [0.29, 0.717) is 17.9 Å². The highest BCUT2D eigenvalue weighted by molar-refractivity contribution is 9.10. The van der Waals surface area contributed by atoms with Crippen LogP contribution in [0.2, 0.25) is 0 Å². The predicted octanol–water partition coefficient (Wildman–Crippen LogP) is 3.63. The third-order valence-electron chi connectivity index (χ3n) is 3.89. The third kappa shape index (κ3) is 4.28. The molecule has 2 aromatic carbocycles. The Kier molecular flexibility index (Phi) is 5.50. The fourth-order valence-corrected chi connectivity index (χ4v) is 2.96. The zero-order valence-corrected chi connectivity index (χ0v) is 15.4. The van der Waals surface area contributed by atoms with Crippen LogP contribution in [0, 0.1) is 0 Å². The average molecular weight is 400 g/mol. The van der Waals surface area contributed by atoms with E-state index < -0.39 is 0 Å². The highest BCUT2D eigenvalue weighted by Gasteiger charge is 2.12. The summed E-state index contributed by atoms with van der Waals surface area (Å²) >= 11 is 3.41. The van der Waals surface area contributed by atoms with Crippen LogP contribution in [0.4, 0.5) is 0 Å². The van der Waals surface area contributed by atoms with Gasteiger partial charge >= 0.3 is 0 Å². The van der Waals surface area contributed by atoms with Crippen molar-refractivity contribution in [3.8, 4) is 5.75 Å². The number of hydrogen-bond acceptors (Lipinski definition) is 3. The van der Waals surface area contributed by atoms with E-state index in [2.05, 4.69) is 32.3 Å². The Morgan fingerprint density at radius 2 is 2.04 bits per heavy atom. The lowest BCUT2D eigenvalue weighted by Gasteiger charge is -2.12. The molecular weight excluding hydrogens is 382 g/mol. The molecule has 25 heavy (non-hydrogen) atoms. The minimum atomic E-state index is -0.150. The van der Waals surface area contributed by atoms with Crippen LogP contribution >= 0.6 is 15.9 Å².